The maximum Gasteiger partial charge on any atom is 0.426 e. The maximum absolute atomic E-state index is 13.7. The van der Waals surface area contributed by atoms with E-state index in [2.05, 4.69) is 19.0 Å². The van der Waals surface area contributed by atoms with Crippen LogP contribution in [0.5, 0.6) is 0 Å². The third-order valence-electron chi connectivity index (χ3n) is 5.47. The predicted octanol–water partition coefficient (Wildman–Crippen LogP) is 5.27. The van der Waals surface area contributed by atoms with Crippen LogP contribution in [0.4, 0.5) is 52.7 Å². The molecule has 0 unspecified atom stereocenters. The lowest BCUT2D eigenvalue weighted by molar-refractivity contribution is -0.412. The molecule has 0 spiro atoms. The summed E-state index contributed by atoms with van der Waals surface area (Å²) in [5, 5.41) is 0. The number of nitrogens with one attached hydrogen (secondary N) is 1. The van der Waals surface area contributed by atoms with E-state index in [1.54, 1.807) is 0 Å². The van der Waals surface area contributed by atoms with Gasteiger partial charge in [-0.25, -0.2) is 0 Å². The van der Waals surface area contributed by atoms with Crippen molar-refractivity contribution in [2.24, 2.45) is 11.8 Å². The van der Waals surface area contributed by atoms with E-state index >= 15 is 0 Å². The number of alkyl halides is 12. The van der Waals surface area contributed by atoms with Gasteiger partial charge in [0.1, 0.15) is 6.79 Å². The van der Waals surface area contributed by atoms with Gasteiger partial charge in [0.15, 0.2) is 6.79 Å². The lowest BCUT2D eigenvalue weighted by atomic mass is 9.66. The monoisotopic (exact) mass is 519 g/mol. The number of hydrogen-bond donors (Lipinski definition) is 1. The second-order valence-corrected chi connectivity index (χ2v) is 7.29. The van der Waals surface area contributed by atoms with E-state index in [0.717, 1.165) is 19.7 Å². The zero-order valence-electron chi connectivity index (χ0n) is 17.1. The maximum atomic E-state index is 13.7. The molecule has 1 fully saturated rings. The standard InChI is InChI=1S/C16H21F12NO4/c1-30-7-32-12(15(23,24)25,16(26,27)28)10-5-3-9(4-6-10)11(13(17,18)19,14(20,21)22)29-33-8-31-2/h9-10,29H,3-8H2,1-2H3. The Morgan fingerprint density at radius 1 is 0.606 bits per heavy atom. The second kappa shape index (κ2) is 10.3. The highest BCUT2D eigenvalue weighted by Crippen LogP contribution is 2.58. The molecule has 1 aliphatic rings. The molecule has 0 aromatic rings. The third-order valence-corrected chi connectivity index (χ3v) is 5.47. The molecule has 17 heteroatoms. The summed E-state index contributed by atoms with van der Waals surface area (Å²) in [5.74, 6) is -5.03. The van der Waals surface area contributed by atoms with E-state index in [1.807, 2.05) is 0 Å². The van der Waals surface area contributed by atoms with Gasteiger partial charge in [-0.3, -0.25) is 4.84 Å². The molecule has 0 aromatic carbocycles. The molecule has 1 saturated carbocycles. The van der Waals surface area contributed by atoms with Crippen LogP contribution >= 0.6 is 0 Å². The average Bonchev–Trinajstić information content (AvgIpc) is 2.62. The fourth-order valence-corrected chi connectivity index (χ4v) is 4.01. The van der Waals surface area contributed by atoms with Crippen LogP contribution in [-0.4, -0.2) is 63.7 Å². The second-order valence-electron chi connectivity index (χ2n) is 7.29. The van der Waals surface area contributed by atoms with Crippen molar-refractivity contribution in [3.8, 4) is 0 Å². The van der Waals surface area contributed by atoms with E-state index in [1.165, 1.54) is 0 Å². The first kappa shape index (κ1) is 30.0. The molecule has 198 valence electrons. The Labute approximate surface area is 179 Å². The summed E-state index contributed by atoms with van der Waals surface area (Å²) >= 11 is 0. The highest BCUT2D eigenvalue weighted by molar-refractivity contribution is 5.09. The highest BCUT2D eigenvalue weighted by atomic mass is 19.4. The van der Waals surface area contributed by atoms with Crippen LogP contribution in [-0.2, 0) is 19.0 Å². The molecule has 0 bridgehead atoms. The van der Waals surface area contributed by atoms with E-state index in [-0.39, 0.29) is 0 Å². The van der Waals surface area contributed by atoms with Gasteiger partial charge in [-0.2, -0.15) is 58.2 Å². The molecule has 0 saturated heterocycles. The molecule has 0 atom stereocenters. The van der Waals surface area contributed by atoms with Crippen molar-refractivity contribution in [3.05, 3.63) is 0 Å². The Morgan fingerprint density at radius 3 is 1.33 bits per heavy atom. The van der Waals surface area contributed by atoms with Gasteiger partial charge in [-0.05, 0) is 31.6 Å². The molecule has 5 nitrogen and oxygen atoms in total. The van der Waals surface area contributed by atoms with Gasteiger partial charge in [0.25, 0.3) is 5.60 Å². The van der Waals surface area contributed by atoms with Crippen molar-refractivity contribution < 1.29 is 71.7 Å². The van der Waals surface area contributed by atoms with Gasteiger partial charge < -0.3 is 14.2 Å². The zero-order chi connectivity index (χ0) is 25.9. The quantitative estimate of drug-likeness (QED) is 0.195. The van der Waals surface area contributed by atoms with Crippen molar-refractivity contribution >= 4 is 0 Å². The minimum absolute atomic E-state index is 0.737. The minimum Gasteiger partial charge on any atom is -0.359 e. The van der Waals surface area contributed by atoms with Crippen LogP contribution in [0.3, 0.4) is 0 Å². The van der Waals surface area contributed by atoms with Gasteiger partial charge in [-0.15, -0.1) is 0 Å². The van der Waals surface area contributed by atoms with E-state index in [0.29, 0.717) is 0 Å². The number of hydrogen-bond acceptors (Lipinski definition) is 5. The molecule has 1 aliphatic carbocycles. The molecular weight excluding hydrogens is 498 g/mol. The molecule has 1 rings (SSSR count). The smallest absolute Gasteiger partial charge is 0.359 e. The number of rotatable bonds is 9. The Balaban J connectivity index is 3.38. The molecule has 0 heterocycles. The summed E-state index contributed by atoms with van der Waals surface area (Å²) in [5.41, 5.74) is -8.75. The molecule has 33 heavy (non-hydrogen) atoms. The summed E-state index contributed by atoms with van der Waals surface area (Å²) in [7, 11) is 1.63. The van der Waals surface area contributed by atoms with Crippen molar-refractivity contribution in [2.45, 2.75) is 61.5 Å². The number of hydroxylamine groups is 1. The molecule has 0 aliphatic heterocycles. The van der Waals surface area contributed by atoms with Gasteiger partial charge >= 0.3 is 24.7 Å². The van der Waals surface area contributed by atoms with Crippen molar-refractivity contribution in [3.63, 3.8) is 0 Å². The number of methoxy groups -OCH3 is 2. The fraction of sp³-hybridized carbons (Fsp3) is 1.00. The topological polar surface area (TPSA) is 49.0 Å². The van der Waals surface area contributed by atoms with Gasteiger partial charge in [0.2, 0.25) is 5.54 Å². The van der Waals surface area contributed by atoms with E-state index in [9.17, 15) is 52.7 Å². The lowest BCUT2D eigenvalue weighted by Crippen LogP contribution is -2.71. The highest BCUT2D eigenvalue weighted by Gasteiger charge is 2.78. The van der Waals surface area contributed by atoms with Crippen molar-refractivity contribution in [1.29, 1.82) is 0 Å². The van der Waals surface area contributed by atoms with Crippen LogP contribution in [0.15, 0.2) is 0 Å². The predicted molar refractivity (Wildman–Crippen MR) is 84.2 cm³/mol. The lowest BCUT2D eigenvalue weighted by Gasteiger charge is -2.49. The summed E-state index contributed by atoms with van der Waals surface area (Å²) in [6.07, 6.45) is -29.6. The first-order valence-corrected chi connectivity index (χ1v) is 9.11. The average molecular weight is 519 g/mol. The van der Waals surface area contributed by atoms with Crippen LogP contribution in [0.25, 0.3) is 0 Å². The molecule has 0 radical (unpaired) electrons. The molecule has 0 amide bonds. The largest absolute Gasteiger partial charge is 0.426 e. The SMILES string of the molecule is COCONC(C1CCC(C(OCOC)(C(F)(F)F)C(F)(F)F)CC1)(C(F)(F)F)C(F)(F)F. The molecule has 0 aromatic heterocycles. The first-order valence-electron chi connectivity index (χ1n) is 9.11. The summed E-state index contributed by atoms with van der Waals surface area (Å²) < 4.78 is 176. The first-order chi connectivity index (χ1) is 14.8. The van der Waals surface area contributed by atoms with Crippen LogP contribution in [0.1, 0.15) is 25.7 Å². The third kappa shape index (κ3) is 5.62. The Hall–Kier alpha value is -1.04. The summed E-state index contributed by atoms with van der Waals surface area (Å²) in [4.78, 5) is 4.10. The van der Waals surface area contributed by atoms with Crippen LogP contribution < -0.4 is 5.48 Å². The van der Waals surface area contributed by atoms with E-state index < -0.39 is 87.0 Å². The Bertz CT molecular complexity index is 581. The van der Waals surface area contributed by atoms with Gasteiger partial charge in [-0.1, -0.05) is 0 Å². The number of halogens is 12. The summed E-state index contributed by atoms with van der Waals surface area (Å²) in [6, 6.07) is 0. The molecule has 1 N–H and O–H groups in total. The minimum atomic E-state index is -6.09. The zero-order valence-corrected chi connectivity index (χ0v) is 17.1. The van der Waals surface area contributed by atoms with Crippen LogP contribution in [0, 0.1) is 11.8 Å². The van der Waals surface area contributed by atoms with Gasteiger partial charge in [0.05, 0.1) is 0 Å². The van der Waals surface area contributed by atoms with Gasteiger partial charge in [0, 0.05) is 20.1 Å². The van der Waals surface area contributed by atoms with E-state index in [4.69, 9.17) is 0 Å². The number of ether oxygens (including phenoxy) is 3. The summed E-state index contributed by atoms with van der Waals surface area (Å²) in [6.45, 7) is -2.53. The van der Waals surface area contributed by atoms with Crippen LogP contribution in [0.2, 0.25) is 0 Å². The van der Waals surface area contributed by atoms with Crippen molar-refractivity contribution in [1.82, 2.24) is 5.48 Å². The van der Waals surface area contributed by atoms with Crippen molar-refractivity contribution in [2.75, 3.05) is 27.8 Å². The Kier molecular flexibility index (Phi) is 9.35. The fourth-order valence-electron chi connectivity index (χ4n) is 4.01. The molecular formula is C16H21F12NO4. The normalized spacial score (nSPS) is 22.0. The Morgan fingerprint density at radius 2 is 1.00 bits per heavy atom.